The van der Waals surface area contributed by atoms with Crippen molar-refractivity contribution in [1.82, 2.24) is 14.5 Å². The molecule has 3 aromatic heterocycles. The molecule has 7 aromatic carbocycles. The molecule has 0 bridgehead atoms. The van der Waals surface area contributed by atoms with Crippen LogP contribution in [0.3, 0.4) is 0 Å². The molecule has 0 saturated carbocycles. The molecule has 1 spiro atoms. The molecule has 2 aliphatic rings. The lowest BCUT2D eigenvalue weighted by Crippen LogP contribution is -2.30. The van der Waals surface area contributed by atoms with Crippen LogP contribution in [-0.2, 0) is 5.41 Å². The lowest BCUT2D eigenvalue weighted by Gasteiger charge is -2.37. The number of rotatable bonds is 2. The Morgan fingerprint density at radius 3 is 1.74 bits per heavy atom. The van der Waals surface area contributed by atoms with Gasteiger partial charge in [0.05, 0.1) is 33.2 Å². The lowest BCUT2D eigenvalue weighted by atomic mass is 9.63. The topological polar surface area (TPSA) is 30.7 Å². The molecule has 12 rings (SSSR count). The van der Waals surface area contributed by atoms with E-state index in [2.05, 4.69) is 162 Å². The standard InChI is InChI=1S/C47H27N3/c1-2-10-28(11-3-1)38-25-22-30-20-21-31-24-27-41(49-46(31)45(30)48-38)50-39-19-9-18-37-43(39)44-40(50)26-23-29-12-8-17-36(42(29)44)47(37)34-15-6-4-13-32(34)33-14-5-7-16-35(33)47/h1-27H. The third-order valence-electron chi connectivity index (χ3n) is 11.4. The Labute approximate surface area is 287 Å². The largest absolute Gasteiger partial charge is 0.294 e. The number of nitrogens with zero attached hydrogens (tertiary/aromatic N) is 3. The van der Waals surface area contributed by atoms with Crippen LogP contribution in [0.25, 0.3) is 82.6 Å². The molecule has 0 radical (unpaired) electrons. The van der Waals surface area contributed by atoms with Crippen molar-refractivity contribution < 1.29 is 0 Å². The Kier molecular flexibility index (Phi) is 4.91. The summed E-state index contributed by atoms with van der Waals surface area (Å²) in [5.41, 5.74) is 13.8. The highest BCUT2D eigenvalue weighted by Crippen LogP contribution is 2.62. The zero-order valence-electron chi connectivity index (χ0n) is 26.9. The van der Waals surface area contributed by atoms with Crippen molar-refractivity contribution in [3.63, 3.8) is 0 Å². The minimum Gasteiger partial charge on any atom is -0.294 e. The molecule has 0 saturated heterocycles. The van der Waals surface area contributed by atoms with Crippen LogP contribution in [0.1, 0.15) is 22.3 Å². The minimum absolute atomic E-state index is 0.426. The Bertz CT molecular complexity index is 3050. The maximum absolute atomic E-state index is 5.47. The van der Waals surface area contributed by atoms with E-state index >= 15 is 0 Å². The quantitative estimate of drug-likeness (QED) is 0.177. The van der Waals surface area contributed by atoms with Crippen LogP contribution in [0.15, 0.2) is 164 Å². The van der Waals surface area contributed by atoms with Gasteiger partial charge in [-0.15, -0.1) is 0 Å². The van der Waals surface area contributed by atoms with E-state index < -0.39 is 5.41 Å². The second-order valence-electron chi connectivity index (χ2n) is 13.7. The van der Waals surface area contributed by atoms with E-state index in [0.717, 1.165) is 38.9 Å². The second-order valence-corrected chi connectivity index (χ2v) is 13.7. The summed E-state index contributed by atoms with van der Waals surface area (Å²) in [5.74, 6) is 0.897. The molecular formula is C47H27N3. The van der Waals surface area contributed by atoms with E-state index in [-0.39, 0.29) is 0 Å². The average molecular weight is 634 g/mol. The number of hydrogen-bond donors (Lipinski definition) is 0. The van der Waals surface area contributed by atoms with Gasteiger partial charge in [-0.2, -0.15) is 0 Å². The summed E-state index contributed by atoms with van der Waals surface area (Å²) in [6.45, 7) is 0. The van der Waals surface area contributed by atoms with Gasteiger partial charge in [0.15, 0.2) is 0 Å². The third-order valence-corrected chi connectivity index (χ3v) is 11.4. The maximum Gasteiger partial charge on any atom is 0.138 e. The summed E-state index contributed by atoms with van der Waals surface area (Å²) in [5, 5.41) is 7.37. The first kappa shape index (κ1) is 26.4. The highest BCUT2D eigenvalue weighted by molar-refractivity contribution is 6.26. The summed E-state index contributed by atoms with van der Waals surface area (Å²) in [6.07, 6.45) is 0. The van der Waals surface area contributed by atoms with Gasteiger partial charge in [0.1, 0.15) is 5.82 Å². The van der Waals surface area contributed by atoms with Crippen molar-refractivity contribution in [2.45, 2.75) is 5.41 Å². The molecule has 3 nitrogen and oxygen atoms in total. The zero-order valence-corrected chi connectivity index (χ0v) is 26.9. The van der Waals surface area contributed by atoms with Crippen LogP contribution < -0.4 is 0 Å². The fourth-order valence-electron chi connectivity index (χ4n) is 9.41. The molecule has 0 atom stereocenters. The first-order valence-corrected chi connectivity index (χ1v) is 17.3. The molecule has 3 heterocycles. The highest BCUT2D eigenvalue weighted by Gasteiger charge is 2.49. The van der Waals surface area contributed by atoms with E-state index in [1.807, 2.05) is 6.07 Å². The van der Waals surface area contributed by atoms with Gasteiger partial charge in [-0.25, -0.2) is 9.97 Å². The van der Waals surface area contributed by atoms with E-state index in [1.165, 1.54) is 66.0 Å². The third kappa shape index (κ3) is 3.11. The van der Waals surface area contributed by atoms with Crippen molar-refractivity contribution in [2.75, 3.05) is 0 Å². The molecule has 0 amide bonds. The van der Waals surface area contributed by atoms with Gasteiger partial charge in [0.25, 0.3) is 0 Å². The van der Waals surface area contributed by atoms with Gasteiger partial charge in [-0.1, -0.05) is 133 Å². The predicted molar refractivity (Wildman–Crippen MR) is 205 cm³/mol. The van der Waals surface area contributed by atoms with Gasteiger partial charge < -0.3 is 0 Å². The van der Waals surface area contributed by atoms with Gasteiger partial charge in [0, 0.05) is 27.1 Å². The molecule has 0 N–H and O–H groups in total. The van der Waals surface area contributed by atoms with Crippen LogP contribution in [0, 0.1) is 0 Å². The average Bonchev–Trinajstić information content (AvgIpc) is 3.68. The summed E-state index contributed by atoms with van der Waals surface area (Å²) in [7, 11) is 0. The Morgan fingerprint density at radius 1 is 0.380 bits per heavy atom. The van der Waals surface area contributed by atoms with Gasteiger partial charge in [0.2, 0.25) is 0 Å². The van der Waals surface area contributed by atoms with Crippen molar-refractivity contribution in [2.24, 2.45) is 0 Å². The van der Waals surface area contributed by atoms with Crippen molar-refractivity contribution in [3.8, 4) is 28.2 Å². The molecule has 2 aliphatic carbocycles. The van der Waals surface area contributed by atoms with Crippen LogP contribution in [-0.4, -0.2) is 14.5 Å². The van der Waals surface area contributed by atoms with Crippen LogP contribution >= 0.6 is 0 Å². The SMILES string of the molecule is c1ccc(-c2ccc3ccc4ccc(-n5c6cccc7c6c6c8c(cccc8ccc65)C75c6ccccc6-c6ccccc65)nc4c3n2)cc1. The predicted octanol–water partition coefficient (Wildman–Crippen LogP) is 11.4. The number of pyridine rings is 2. The van der Waals surface area contributed by atoms with E-state index in [4.69, 9.17) is 9.97 Å². The molecule has 0 fully saturated rings. The van der Waals surface area contributed by atoms with Crippen molar-refractivity contribution in [3.05, 3.63) is 186 Å². The summed E-state index contributed by atoms with van der Waals surface area (Å²) >= 11 is 0. The summed E-state index contributed by atoms with van der Waals surface area (Å²) < 4.78 is 2.38. The molecule has 230 valence electrons. The first-order valence-electron chi connectivity index (χ1n) is 17.3. The van der Waals surface area contributed by atoms with Crippen molar-refractivity contribution >= 4 is 54.4 Å². The molecule has 0 unspecified atom stereocenters. The Morgan fingerprint density at radius 2 is 0.960 bits per heavy atom. The normalized spacial score (nSPS) is 13.8. The zero-order chi connectivity index (χ0) is 32.6. The van der Waals surface area contributed by atoms with Gasteiger partial charge in [-0.05, 0) is 74.5 Å². The van der Waals surface area contributed by atoms with Crippen LogP contribution in [0.5, 0.6) is 0 Å². The summed E-state index contributed by atoms with van der Waals surface area (Å²) in [6, 6.07) is 59.8. The number of hydrogen-bond acceptors (Lipinski definition) is 2. The molecule has 0 aliphatic heterocycles. The fraction of sp³-hybridized carbons (Fsp3) is 0.0213. The van der Waals surface area contributed by atoms with E-state index in [9.17, 15) is 0 Å². The smallest absolute Gasteiger partial charge is 0.138 e. The van der Waals surface area contributed by atoms with Gasteiger partial charge >= 0.3 is 0 Å². The molecular weight excluding hydrogens is 607 g/mol. The first-order chi connectivity index (χ1) is 24.8. The monoisotopic (exact) mass is 633 g/mol. The van der Waals surface area contributed by atoms with E-state index in [0.29, 0.717) is 0 Å². The summed E-state index contributed by atoms with van der Waals surface area (Å²) in [4.78, 5) is 10.7. The van der Waals surface area contributed by atoms with Crippen LogP contribution in [0.2, 0.25) is 0 Å². The fourth-order valence-corrected chi connectivity index (χ4v) is 9.41. The number of benzene rings is 7. The number of fused-ring (bicyclic) bond motifs is 10. The lowest BCUT2D eigenvalue weighted by molar-refractivity contribution is 0.783. The van der Waals surface area contributed by atoms with Crippen molar-refractivity contribution in [1.29, 1.82) is 0 Å². The Balaban J connectivity index is 1.21. The van der Waals surface area contributed by atoms with E-state index in [1.54, 1.807) is 0 Å². The molecule has 10 aromatic rings. The van der Waals surface area contributed by atoms with Gasteiger partial charge in [-0.3, -0.25) is 4.57 Å². The minimum atomic E-state index is -0.426. The molecule has 3 heteroatoms. The maximum atomic E-state index is 5.47. The second kappa shape index (κ2) is 9.31. The highest BCUT2D eigenvalue weighted by atomic mass is 15.1. The van der Waals surface area contributed by atoms with Crippen LogP contribution in [0.4, 0.5) is 0 Å². The number of aromatic nitrogens is 3. The molecule has 50 heavy (non-hydrogen) atoms. The Hall–Kier alpha value is -6.58.